The third kappa shape index (κ3) is 1.40. The minimum Gasteiger partial charge on any atom is -0.393 e. The molecule has 2 aromatic rings. The second kappa shape index (κ2) is 3.90. The maximum absolute atomic E-state index is 12.6. The van der Waals surface area contributed by atoms with Crippen LogP contribution in [0.2, 0.25) is 0 Å². The largest absolute Gasteiger partial charge is 0.393 e. The molecule has 4 heteroatoms. The van der Waals surface area contributed by atoms with E-state index >= 15 is 0 Å². The molecule has 1 aliphatic heterocycles. The predicted octanol–water partition coefficient (Wildman–Crippen LogP) is 1.96. The molecule has 20 heavy (non-hydrogen) atoms. The van der Waals surface area contributed by atoms with Crippen molar-refractivity contribution in [2.24, 2.45) is 0 Å². The van der Waals surface area contributed by atoms with Gasteiger partial charge in [-0.25, -0.2) is 0 Å². The van der Waals surface area contributed by atoms with E-state index in [-0.39, 0.29) is 17.9 Å². The second-order valence-electron chi connectivity index (χ2n) is 5.47. The Morgan fingerprint density at radius 1 is 0.950 bits per heavy atom. The highest BCUT2D eigenvalue weighted by Crippen LogP contribution is 2.35. The molecule has 1 saturated carbocycles. The smallest absolute Gasteiger partial charge is 0.261 e. The number of carbonyl (C=O) groups is 2. The van der Waals surface area contributed by atoms with Gasteiger partial charge in [-0.05, 0) is 30.4 Å². The fourth-order valence-electron chi connectivity index (χ4n) is 3.15. The minimum atomic E-state index is -0.395. The summed E-state index contributed by atoms with van der Waals surface area (Å²) in [6.07, 6.45) is 0.569. The Kier molecular flexibility index (Phi) is 2.26. The van der Waals surface area contributed by atoms with Gasteiger partial charge in [-0.3, -0.25) is 14.5 Å². The average Bonchev–Trinajstić information content (AvgIpc) is 2.43. The normalized spacial score (nSPS) is 24.9. The van der Waals surface area contributed by atoms with Gasteiger partial charge in [0.2, 0.25) is 0 Å². The molecule has 0 radical (unpaired) electrons. The summed E-state index contributed by atoms with van der Waals surface area (Å²) in [4.78, 5) is 26.5. The third-order valence-corrected chi connectivity index (χ3v) is 4.26. The molecular weight excluding hydrogens is 254 g/mol. The molecule has 2 amide bonds. The van der Waals surface area contributed by atoms with Crippen molar-refractivity contribution in [1.29, 1.82) is 0 Å². The van der Waals surface area contributed by atoms with Crippen LogP contribution in [0.15, 0.2) is 36.4 Å². The van der Waals surface area contributed by atoms with E-state index in [9.17, 15) is 14.7 Å². The summed E-state index contributed by atoms with van der Waals surface area (Å²) in [7, 11) is 0. The lowest BCUT2D eigenvalue weighted by Crippen LogP contribution is -2.53. The molecule has 0 bridgehead atoms. The number of hydrogen-bond acceptors (Lipinski definition) is 3. The van der Waals surface area contributed by atoms with Crippen molar-refractivity contribution in [3.8, 4) is 0 Å². The van der Waals surface area contributed by atoms with Crippen molar-refractivity contribution in [1.82, 2.24) is 4.90 Å². The van der Waals surface area contributed by atoms with Gasteiger partial charge in [-0.2, -0.15) is 0 Å². The highest BCUT2D eigenvalue weighted by atomic mass is 16.3. The van der Waals surface area contributed by atoms with E-state index in [0.717, 1.165) is 10.8 Å². The molecule has 0 atom stereocenters. The van der Waals surface area contributed by atoms with E-state index in [1.54, 1.807) is 12.1 Å². The molecule has 1 aliphatic carbocycles. The van der Waals surface area contributed by atoms with Crippen LogP contribution in [0.25, 0.3) is 10.8 Å². The molecule has 4 rings (SSSR count). The van der Waals surface area contributed by atoms with Gasteiger partial charge in [-0.1, -0.05) is 24.3 Å². The SMILES string of the molecule is O=C1c2cccc3cccc(c23)C(=O)N1C1CC(O)C1. The molecule has 0 saturated heterocycles. The van der Waals surface area contributed by atoms with Gasteiger partial charge < -0.3 is 5.11 Å². The van der Waals surface area contributed by atoms with Crippen LogP contribution < -0.4 is 0 Å². The van der Waals surface area contributed by atoms with E-state index in [0.29, 0.717) is 24.0 Å². The van der Waals surface area contributed by atoms with Gasteiger partial charge >= 0.3 is 0 Å². The van der Waals surface area contributed by atoms with Crippen molar-refractivity contribution < 1.29 is 14.7 Å². The van der Waals surface area contributed by atoms with Gasteiger partial charge in [0.05, 0.1) is 6.10 Å². The Labute approximate surface area is 115 Å². The lowest BCUT2D eigenvalue weighted by molar-refractivity contribution is 0.00702. The highest BCUT2D eigenvalue weighted by molar-refractivity contribution is 6.25. The molecule has 1 N–H and O–H groups in total. The summed E-state index contributed by atoms with van der Waals surface area (Å²) in [5.74, 6) is -0.479. The maximum Gasteiger partial charge on any atom is 0.261 e. The van der Waals surface area contributed by atoms with Gasteiger partial charge in [0, 0.05) is 22.6 Å². The molecule has 1 heterocycles. The molecule has 1 fully saturated rings. The predicted molar refractivity (Wildman–Crippen MR) is 73.5 cm³/mol. The van der Waals surface area contributed by atoms with E-state index in [1.165, 1.54) is 4.90 Å². The quantitative estimate of drug-likeness (QED) is 0.803. The summed E-state index contributed by atoms with van der Waals surface area (Å²) in [5, 5.41) is 11.1. The molecule has 0 unspecified atom stereocenters. The number of amides is 2. The minimum absolute atomic E-state index is 0.173. The zero-order valence-corrected chi connectivity index (χ0v) is 10.7. The first-order valence-electron chi connectivity index (χ1n) is 6.74. The Hall–Kier alpha value is -2.20. The zero-order valence-electron chi connectivity index (χ0n) is 10.7. The van der Waals surface area contributed by atoms with Crippen molar-refractivity contribution in [2.75, 3.05) is 0 Å². The molecule has 0 aromatic heterocycles. The molecular formula is C16H13NO3. The first-order valence-corrected chi connectivity index (χ1v) is 6.74. The van der Waals surface area contributed by atoms with Crippen molar-refractivity contribution in [3.05, 3.63) is 47.5 Å². The van der Waals surface area contributed by atoms with Gasteiger partial charge in [0.1, 0.15) is 0 Å². The summed E-state index contributed by atoms with van der Waals surface area (Å²) in [5.41, 5.74) is 1.16. The van der Waals surface area contributed by atoms with E-state index in [1.807, 2.05) is 24.3 Å². The number of benzene rings is 2. The number of carbonyl (C=O) groups excluding carboxylic acids is 2. The average molecular weight is 267 g/mol. The maximum atomic E-state index is 12.6. The lowest BCUT2D eigenvalue weighted by atomic mass is 9.85. The fraction of sp³-hybridized carbons (Fsp3) is 0.250. The van der Waals surface area contributed by atoms with Crippen LogP contribution in [-0.2, 0) is 0 Å². The van der Waals surface area contributed by atoms with Crippen LogP contribution in [-0.4, -0.2) is 34.0 Å². The number of imide groups is 1. The summed E-state index contributed by atoms with van der Waals surface area (Å²) in [6.45, 7) is 0. The Bertz CT molecular complexity index is 696. The Morgan fingerprint density at radius 2 is 1.50 bits per heavy atom. The van der Waals surface area contributed by atoms with Crippen LogP contribution >= 0.6 is 0 Å². The second-order valence-corrected chi connectivity index (χ2v) is 5.47. The zero-order chi connectivity index (χ0) is 13.9. The first-order chi connectivity index (χ1) is 9.66. The number of nitrogens with zero attached hydrogens (tertiary/aromatic N) is 1. The molecule has 4 nitrogen and oxygen atoms in total. The van der Waals surface area contributed by atoms with Crippen LogP contribution in [0, 0.1) is 0 Å². The molecule has 2 aliphatic rings. The number of aliphatic hydroxyl groups is 1. The van der Waals surface area contributed by atoms with Gasteiger partial charge in [-0.15, -0.1) is 0 Å². The van der Waals surface area contributed by atoms with Crippen molar-refractivity contribution in [3.63, 3.8) is 0 Å². The fourth-order valence-corrected chi connectivity index (χ4v) is 3.15. The van der Waals surface area contributed by atoms with Crippen LogP contribution in [0.3, 0.4) is 0 Å². The van der Waals surface area contributed by atoms with E-state index in [2.05, 4.69) is 0 Å². The molecule has 2 aromatic carbocycles. The van der Waals surface area contributed by atoms with Gasteiger partial charge in [0.25, 0.3) is 11.8 Å². The Balaban J connectivity index is 1.91. The Morgan fingerprint density at radius 3 is 2.00 bits per heavy atom. The van der Waals surface area contributed by atoms with E-state index < -0.39 is 6.10 Å². The summed E-state index contributed by atoms with van der Waals surface area (Å²) < 4.78 is 0. The molecule has 0 spiro atoms. The lowest BCUT2D eigenvalue weighted by Gasteiger charge is -2.41. The van der Waals surface area contributed by atoms with Crippen molar-refractivity contribution >= 4 is 22.6 Å². The monoisotopic (exact) mass is 267 g/mol. The topological polar surface area (TPSA) is 57.6 Å². The van der Waals surface area contributed by atoms with E-state index in [4.69, 9.17) is 0 Å². The number of hydrogen-bond donors (Lipinski definition) is 1. The van der Waals surface area contributed by atoms with Crippen molar-refractivity contribution in [2.45, 2.75) is 25.0 Å². The number of rotatable bonds is 1. The van der Waals surface area contributed by atoms with Crippen LogP contribution in [0.5, 0.6) is 0 Å². The van der Waals surface area contributed by atoms with Gasteiger partial charge in [0.15, 0.2) is 0 Å². The number of aliphatic hydroxyl groups excluding tert-OH is 1. The molecule has 100 valence electrons. The summed E-state index contributed by atoms with van der Waals surface area (Å²) in [6, 6.07) is 10.8. The third-order valence-electron chi connectivity index (χ3n) is 4.26. The summed E-state index contributed by atoms with van der Waals surface area (Å²) >= 11 is 0. The standard InChI is InChI=1S/C16H13NO3/c18-11-7-10(8-11)17-15(19)12-5-1-3-9-4-2-6-13(14(9)12)16(17)20/h1-6,10-11,18H,7-8H2. The highest BCUT2D eigenvalue weighted by Gasteiger charge is 2.42. The van der Waals surface area contributed by atoms with Crippen LogP contribution in [0.4, 0.5) is 0 Å². The van der Waals surface area contributed by atoms with Crippen LogP contribution in [0.1, 0.15) is 33.6 Å². The first kappa shape index (κ1) is 11.6.